The molecule has 0 aromatic heterocycles. The van der Waals surface area contributed by atoms with Crippen molar-refractivity contribution >= 4 is 11.9 Å². The van der Waals surface area contributed by atoms with E-state index in [1.807, 2.05) is 55.6 Å². The van der Waals surface area contributed by atoms with Gasteiger partial charge < -0.3 is 0 Å². The van der Waals surface area contributed by atoms with Gasteiger partial charge >= 0.3 is 0 Å². The van der Waals surface area contributed by atoms with Crippen LogP contribution in [0.1, 0.15) is 16.7 Å². The molecule has 0 fully saturated rings. The fourth-order valence-corrected chi connectivity index (χ4v) is 2.58. The quantitative estimate of drug-likeness (QED) is 0.803. The van der Waals surface area contributed by atoms with Gasteiger partial charge in [0.2, 0.25) is 0 Å². The van der Waals surface area contributed by atoms with Crippen LogP contribution >= 0.6 is 11.9 Å². The van der Waals surface area contributed by atoms with E-state index >= 15 is 0 Å². The lowest BCUT2D eigenvalue weighted by Gasteiger charge is -2.15. The van der Waals surface area contributed by atoms with Gasteiger partial charge in [-0.05, 0) is 61.0 Å². The molecule has 0 aliphatic heterocycles. The SMILES string of the molecule is CN(Cc1ccc(C#N)cc1)Sc1ccc(C#N)cc1. The average molecular weight is 279 g/mol. The van der Waals surface area contributed by atoms with Crippen LogP contribution in [0, 0.1) is 22.7 Å². The molecule has 0 amide bonds. The first kappa shape index (κ1) is 14.1. The molecule has 0 saturated carbocycles. The highest BCUT2D eigenvalue weighted by Gasteiger charge is 2.03. The van der Waals surface area contributed by atoms with E-state index in [4.69, 9.17) is 10.5 Å². The maximum Gasteiger partial charge on any atom is 0.0991 e. The molecule has 2 rings (SSSR count). The summed E-state index contributed by atoms with van der Waals surface area (Å²) in [5, 5.41) is 17.5. The molecule has 20 heavy (non-hydrogen) atoms. The Bertz CT molecular complexity index is 589. The lowest BCUT2D eigenvalue weighted by molar-refractivity contribution is 0.564. The summed E-state index contributed by atoms with van der Waals surface area (Å²) in [6.45, 7) is 0.788. The van der Waals surface area contributed by atoms with Gasteiger partial charge in [0.05, 0.1) is 23.3 Å². The van der Waals surface area contributed by atoms with Crippen LogP contribution in [0.3, 0.4) is 0 Å². The zero-order valence-electron chi connectivity index (χ0n) is 11.1. The van der Waals surface area contributed by atoms with Crippen molar-refractivity contribution in [3.05, 3.63) is 65.2 Å². The monoisotopic (exact) mass is 279 g/mol. The van der Waals surface area contributed by atoms with Crippen LogP contribution in [-0.2, 0) is 6.54 Å². The van der Waals surface area contributed by atoms with Gasteiger partial charge in [-0.1, -0.05) is 12.1 Å². The number of hydrogen-bond acceptors (Lipinski definition) is 4. The molecule has 0 atom stereocenters. The van der Waals surface area contributed by atoms with E-state index in [2.05, 4.69) is 16.4 Å². The first-order valence-electron chi connectivity index (χ1n) is 6.09. The Morgan fingerprint density at radius 3 is 1.90 bits per heavy atom. The molecule has 0 radical (unpaired) electrons. The first-order chi connectivity index (χ1) is 9.71. The highest BCUT2D eigenvalue weighted by Crippen LogP contribution is 2.23. The van der Waals surface area contributed by atoms with Gasteiger partial charge in [-0.15, -0.1) is 0 Å². The summed E-state index contributed by atoms with van der Waals surface area (Å²) in [6, 6.07) is 19.3. The third kappa shape index (κ3) is 3.86. The zero-order valence-corrected chi connectivity index (χ0v) is 11.9. The van der Waals surface area contributed by atoms with E-state index in [9.17, 15) is 0 Å². The van der Waals surface area contributed by atoms with Crippen molar-refractivity contribution in [1.29, 1.82) is 10.5 Å². The van der Waals surface area contributed by atoms with Crippen molar-refractivity contribution in [1.82, 2.24) is 4.31 Å². The predicted molar refractivity (Wildman–Crippen MR) is 79.6 cm³/mol. The Morgan fingerprint density at radius 1 is 0.900 bits per heavy atom. The third-order valence-corrected chi connectivity index (χ3v) is 3.66. The van der Waals surface area contributed by atoms with Crippen LogP contribution < -0.4 is 0 Å². The van der Waals surface area contributed by atoms with E-state index in [0.717, 1.165) is 17.0 Å². The highest BCUT2D eigenvalue weighted by atomic mass is 32.2. The summed E-state index contributed by atoms with van der Waals surface area (Å²) in [5.41, 5.74) is 2.51. The van der Waals surface area contributed by atoms with E-state index < -0.39 is 0 Å². The van der Waals surface area contributed by atoms with Gasteiger partial charge in [0.1, 0.15) is 0 Å². The van der Waals surface area contributed by atoms with Gasteiger partial charge in [0.25, 0.3) is 0 Å². The number of hydrogen-bond donors (Lipinski definition) is 0. The Hall–Kier alpha value is -2.27. The van der Waals surface area contributed by atoms with Crippen molar-refractivity contribution in [2.45, 2.75) is 11.4 Å². The van der Waals surface area contributed by atoms with Gasteiger partial charge in [0.15, 0.2) is 0 Å². The first-order valence-corrected chi connectivity index (χ1v) is 6.87. The second kappa shape index (κ2) is 6.77. The molecule has 0 N–H and O–H groups in total. The zero-order chi connectivity index (χ0) is 14.4. The molecule has 2 aromatic rings. The molecule has 0 bridgehead atoms. The van der Waals surface area contributed by atoms with Crippen molar-refractivity contribution in [3.8, 4) is 12.1 Å². The van der Waals surface area contributed by atoms with Crippen LogP contribution in [0.4, 0.5) is 0 Å². The van der Waals surface area contributed by atoms with Crippen molar-refractivity contribution in [3.63, 3.8) is 0 Å². The maximum absolute atomic E-state index is 8.76. The molecule has 0 spiro atoms. The minimum Gasteiger partial charge on any atom is -0.245 e. The normalized spacial score (nSPS) is 10.0. The summed E-state index contributed by atoms with van der Waals surface area (Å²) < 4.78 is 2.11. The van der Waals surface area contributed by atoms with Gasteiger partial charge in [-0.25, -0.2) is 4.31 Å². The van der Waals surface area contributed by atoms with E-state index in [-0.39, 0.29) is 0 Å². The Labute approximate surface area is 123 Å². The van der Waals surface area contributed by atoms with Gasteiger partial charge in [-0.3, -0.25) is 0 Å². The second-order valence-corrected chi connectivity index (χ2v) is 5.60. The van der Waals surface area contributed by atoms with Gasteiger partial charge in [0, 0.05) is 11.4 Å². The Balaban J connectivity index is 1.95. The van der Waals surface area contributed by atoms with Crippen LogP contribution in [-0.4, -0.2) is 11.4 Å². The Kier molecular flexibility index (Phi) is 4.79. The minimum atomic E-state index is 0.670. The molecular weight excluding hydrogens is 266 g/mol. The lowest BCUT2D eigenvalue weighted by Crippen LogP contribution is -2.08. The fourth-order valence-electron chi connectivity index (χ4n) is 1.74. The van der Waals surface area contributed by atoms with Crippen molar-refractivity contribution in [2.75, 3.05) is 7.05 Å². The third-order valence-electron chi connectivity index (χ3n) is 2.73. The largest absolute Gasteiger partial charge is 0.245 e. The smallest absolute Gasteiger partial charge is 0.0991 e. The average Bonchev–Trinajstić information content (AvgIpc) is 2.49. The molecular formula is C16H13N3S. The van der Waals surface area contributed by atoms with E-state index in [1.165, 1.54) is 0 Å². The summed E-state index contributed by atoms with van der Waals surface area (Å²) in [5.74, 6) is 0. The van der Waals surface area contributed by atoms with Crippen LogP contribution in [0.25, 0.3) is 0 Å². The van der Waals surface area contributed by atoms with E-state index in [0.29, 0.717) is 11.1 Å². The molecule has 0 heterocycles. The molecule has 4 heteroatoms. The molecule has 2 aromatic carbocycles. The van der Waals surface area contributed by atoms with Crippen molar-refractivity contribution < 1.29 is 0 Å². The minimum absolute atomic E-state index is 0.670. The molecule has 98 valence electrons. The molecule has 0 aliphatic carbocycles. The topological polar surface area (TPSA) is 50.8 Å². The highest BCUT2D eigenvalue weighted by molar-refractivity contribution is 7.97. The number of nitriles is 2. The van der Waals surface area contributed by atoms with Crippen molar-refractivity contribution in [2.24, 2.45) is 0 Å². The molecule has 3 nitrogen and oxygen atoms in total. The summed E-state index contributed by atoms with van der Waals surface area (Å²) in [6.07, 6.45) is 0. The summed E-state index contributed by atoms with van der Waals surface area (Å²) in [7, 11) is 2.01. The number of nitrogens with zero attached hydrogens (tertiary/aromatic N) is 3. The molecule has 0 unspecified atom stereocenters. The molecule has 0 aliphatic rings. The summed E-state index contributed by atoms with van der Waals surface area (Å²) in [4.78, 5) is 1.10. The standard InChI is InChI=1S/C16H13N3S/c1-19(12-15-4-2-13(10-17)3-5-15)20-16-8-6-14(11-18)7-9-16/h2-9H,12H2,1H3. The van der Waals surface area contributed by atoms with Gasteiger partial charge in [-0.2, -0.15) is 10.5 Å². The predicted octanol–water partition coefficient (Wildman–Crippen LogP) is 3.57. The van der Waals surface area contributed by atoms with Crippen LogP contribution in [0.2, 0.25) is 0 Å². The fraction of sp³-hybridized carbons (Fsp3) is 0.125. The van der Waals surface area contributed by atoms with Crippen LogP contribution in [0.5, 0.6) is 0 Å². The second-order valence-electron chi connectivity index (χ2n) is 4.32. The maximum atomic E-state index is 8.76. The summed E-state index contributed by atoms with van der Waals surface area (Å²) >= 11 is 1.63. The Morgan fingerprint density at radius 2 is 1.40 bits per heavy atom. The number of rotatable bonds is 4. The molecule has 0 saturated heterocycles. The van der Waals surface area contributed by atoms with Crippen LogP contribution in [0.15, 0.2) is 53.4 Å². The lowest BCUT2D eigenvalue weighted by atomic mass is 10.1. The van der Waals surface area contributed by atoms with E-state index in [1.54, 1.807) is 11.9 Å². The number of benzene rings is 2.